The molecule has 1 fully saturated rings. The zero-order valence-electron chi connectivity index (χ0n) is 11.5. The standard InChI is InChI=1S/C13H27N3O/c1-4-11-6-5-8-16(9-7-11)10-13(2,15-3)12(14)17/h11,15H,4-10H2,1-3H3,(H2,14,17). The van der Waals surface area contributed by atoms with Gasteiger partial charge in [-0.2, -0.15) is 0 Å². The van der Waals surface area contributed by atoms with Crippen LogP contribution >= 0.6 is 0 Å². The molecule has 2 unspecified atom stereocenters. The minimum absolute atomic E-state index is 0.267. The van der Waals surface area contributed by atoms with E-state index in [4.69, 9.17) is 5.73 Å². The van der Waals surface area contributed by atoms with Crippen LogP contribution < -0.4 is 11.1 Å². The monoisotopic (exact) mass is 241 g/mol. The highest BCUT2D eigenvalue weighted by Gasteiger charge is 2.32. The Morgan fingerprint density at radius 3 is 2.71 bits per heavy atom. The molecule has 3 N–H and O–H groups in total. The third-order valence-corrected chi connectivity index (χ3v) is 4.15. The summed E-state index contributed by atoms with van der Waals surface area (Å²) in [6.45, 7) is 7.04. The lowest BCUT2D eigenvalue weighted by molar-refractivity contribution is -0.124. The maximum atomic E-state index is 11.5. The number of nitrogens with two attached hydrogens (primary N) is 1. The molecule has 0 radical (unpaired) electrons. The summed E-state index contributed by atoms with van der Waals surface area (Å²) in [5, 5.41) is 3.05. The molecule has 0 aromatic heterocycles. The fourth-order valence-electron chi connectivity index (χ4n) is 2.52. The molecule has 4 heteroatoms. The molecule has 0 aliphatic carbocycles. The van der Waals surface area contributed by atoms with Gasteiger partial charge in [0.1, 0.15) is 5.54 Å². The van der Waals surface area contributed by atoms with Crippen LogP contribution in [0.4, 0.5) is 0 Å². The number of likely N-dealkylation sites (tertiary alicyclic amines) is 1. The summed E-state index contributed by atoms with van der Waals surface area (Å²) in [5.41, 5.74) is 4.86. The Kier molecular flexibility index (Phi) is 5.40. The van der Waals surface area contributed by atoms with E-state index >= 15 is 0 Å². The van der Waals surface area contributed by atoms with Crippen molar-refractivity contribution in [1.82, 2.24) is 10.2 Å². The first-order valence-corrected chi connectivity index (χ1v) is 6.73. The number of primary amides is 1. The minimum Gasteiger partial charge on any atom is -0.368 e. The molecule has 1 saturated heterocycles. The maximum Gasteiger partial charge on any atom is 0.238 e. The van der Waals surface area contributed by atoms with Crippen molar-refractivity contribution < 1.29 is 4.79 Å². The van der Waals surface area contributed by atoms with E-state index in [1.165, 1.54) is 25.7 Å². The van der Waals surface area contributed by atoms with Crippen molar-refractivity contribution >= 4 is 5.91 Å². The van der Waals surface area contributed by atoms with Crippen LogP contribution in [-0.2, 0) is 4.79 Å². The summed E-state index contributed by atoms with van der Waals surface area (Å²) in [4.78, 5) is 13.8. The van der Waals surface area contributed by atoms with Crippen LogP contribution in [0.5, 0.6) is 0 Å². The molecule has 2 atom stereocenters. The van der Waals surface area contributed by atoms with Crippen LogP contribution in [0.3, 0.4) is 0 Å². The van der Waals surface area contributed by atoms with Crippen molar-refractivity contribution in [3.63, 3.8) is 0 Å². The van der Waals surface area contributed by atoms with Gasteiger partial charge in [0, 0.05) is 6.54 Å². The van der Waals surface area contributed by atoms with Crippen LogP contribution in [0.15, 0.2) is 0 Å². The second-order valence-corrected chi connectivity index (χ2v) is 5.43. The molecule has 0 spiro atoms. The Bertz CT molecular complexity index is 257. The Hall–Kier alpha value is -0.610. The van der Waals surface area contributed by atoms with Crippen molar-refractivity contribution in [1.29, 1.82) is 0 Å². The Balaban J connectivity index is 2.53. The van der Waals surface area contributed by atoms with E-state index in [0.717, 1.165) is 25.6 Å². The third kappa shape index (κ3) is 3.96. The van der Waals surface area contributed by atoms with Gasteiger partial charge in [-0.15, -0.1) is 0 Å². The highest BCUT2D eigenvalue weighted by atomic mass is 16.1. The van der Waals surface area contributed by atoms with E-state index in [0.29, 0.717) is 0 Å². The van der Waals surface area contributed by atoms with E-state index in [-0.39, 0.29) is 5.91 Å². The van der Waals surface area contributed by atoms with Gasteiger partial charge in [0.15, 0.2) is 0 Å². The summed E-state index contributed by atoms with van der Waals surface area (Å²) in [5.74, 6) is 0.589. The van der Waals surface area contributed by atoms with Crippen LogP contribution in [0.25, 0.3) is 0 Å². The van der Waals surface area contributed by atoms with Crippen molar-refractivity contribution in [2.75, 3.05) is 26.7 Å². The third-order valence-electron chi connectivity index (χ3n) is 4.15. The van der Waals surface area contributed by atoms with Crippen LogP contribution in [0.2, 0.25) is 0 Å². The van der Waals surface area contributed by atoms with Gasteiger partial charge >= 0.3 is 0 Å². The Labute approximate surface area is 105 Å². The normalized spacial score (nSPS) is 26.2. The molecule has 0 aromatic carbocycles. The largest absolute Gasteiger partial charge is 0.368 e. The summed E-state index contributed by atoms with van der Waals surface area (Å²) in [6.07, 6.45) is 5.07. The zero-order valence-corrected chi connectivity index (χ0v) is 11.5. The topological polar surface area (TPSA) is 58.4 Å². The van der Waals surface area contributed by atoms with Gasteiger partial charge in [-0.1, -0.05) is 13.3 Å². The molecular weight excluding hydrogens is 214 g/mol. The first-order chi connectivity index (χ1) is 8.01. The quantitative estimate of drug-likeness (QED) is 0.754. The first-order valence-electron chi connectivity index (χ1n) is 6.73. The average molecular weight is 241 g/mol. The predicted molar refractivity (Wildman–Crippen MR) is 70.7 cm³/mol. The molecule has 1 amide bonds. The van der Waals surface area contributed by atoms with E-state index < -0.39 is 5.54 Å². The van der Waals surface area contributed by atoms with Crippen molar-refractivity contribution in [3.05, 3.63) is 0 Å². The first kappa shape index (κ1) is 14.5. The number of carbonyl (C=O) groups excluding carboxylic acids is 1. The summed E-state index contributed by atoms with van der Waals surface area (Å²) < 4.78 is 0. The number of nitrogens with one attached hydrogen (secondary N) is 1. The van der Waals surface area contributed by atoms with Crippen molar-refractivity contribution in [3.8, 4) is 0 Å². The fourth-order valence-corrected chi connectivity index (χ4v) is 2.52. The van der Waals surface area contributed by atoms with Gasteiger partial charge in [0.25, 0.3) is 0 Å². The molecule has 1 rings (SSSR count). The summed E-state index contributed by atoms with van der Waals surface area (Å²) in [7, 11) is 1.80. The number of hydrogen-bond donors (Lipinski definition) is 2. The molecule has 1 heterocycles. The van der Waals surface area contributed by atoms with Gasteiger partial charge in [-0.05, 0) is 52.2 Å². The van der Waals surface area contributed by atoms with E-state index in [9.17, 15) is 4.79 Å². The molecule has 1 aliphatic rings. The lowest BCUT2D eigenvalue weighted by Gasteiger charge is -2.32. The molecule has 0 saturated carbocycles. The number of hydrogen-bond acceptors (Lipinski definition) is 3. The van der Waals surface area contributed by atoms with Gasteiger partial charge in [-0.3, -0.25) is 4.79 Å². The van der Waals surface area contributed by atoms with Gasteiger partial charge in [-0.25, -0.2) is 0 Å². The SMILES string of the molecule is CCC1CCCN(CC(C)(NC)C(N)=O)CC1. The van der Waals surface area contributed by atoms with Crippen LogP contribution in [0, 0.1) is 5.92 Å². The van der Waals surface area contributed by atoms with Gasteiger partial charge in [0.2, 0.25) is 5.91 Å². The van der Waals surface area contributed by atoms with Crippen LogP contribution in [0.1, 0.15) is 39.5 Å². The lowest BCUT2D eigenvalue weighted by atomic mass is 9.98. The van der Waals surface area contributed by atoms with Crippen molar-refractivity contribution in [2.24, 2.45) is 11.7 Å². The fraction of sp³-hybridized carbons (Fsp3) is 0.923. The molecule has 0 bridgehead atoms. The van der Waals surface area contributed by atoms with Crippen molar-refractivity contribution in [2.45, 2.75) is 45.1 Å². The maximum absolute atomic E-state index is 11.5. The second kappa shape index (κ2) is 6.36. The molecule has 0 aromatic rings. The molecular formula is C13H27N3O. The second-order valence-electron chi connectivity index (χ2n) is 5.43. The molecule has 4 nitrogen and oxygen atoms in total. The Morgan fingerprint density at radius 2 is 2.18 bits per heavy atom. The Morgan fingerprint density at radius 1 is 1.47 bits per heavy atom. The molecule has 17 heavy (non-hydrogen) atoms. The predicted octanol–water partition coefficient (Wildman–Crippen LogP) is 0.962. The smallest absolute Gasteiger partial charge is 0.238 e. The molecule has 1 aliphatic heterocycles. The number of nitrogens with zero attached hydrogens (tertiary/aromatic N) is 1. The van der Waals surface area contributed by atoms with E-state index in [2.05, 4.69) is 17.1 Å². The lowest BCUT2D eigenvalue weighted by Crippen LogP contribution is -2.58. The number of rotatable bonds is 5. The van der Waals surface area contributed by atoms with Gasteiger partial charge in [0.05, 0.1) is 0 Å². The highest BCUT2D eigenvalue weighted by Crippen LogP contribution is 2.21. The molecule has 100 valence electrons. The minimum atomic E-state index is -0.605. The van der Waals surface area contributed by atoms with Gasteiger partial charge < -0.3 is 16.0 Å². The summed E-state index contributed by atoms with van der Waals surface area (Å²) >= 11 is 0. The summed E-state index contributed by atoms with van der Waals surface area (Å²) in [6, 6.07) is 0. The van der Waals surface area contributed by atoms with Crippen LogP contribution in [-0.4, -0.2) is 43.0 Å². The van der Waals surface area contributed by atoms with E-state index in [1.807, 2.05) is 6.92 Å². The number of carbonyl (C=O) groups is 1. The van der Waals surface area contributed by atoms with E-state index in [1.54, 1.807) is 7.05 Å². The number of amides is 1. The number of likely N-dealkylation sites (N-methyl/N-ethyl adjacent to an activating group) is 1. The highest BCUT2D eigenvalue weighted by molar-refractivity contribution is 5.84. The zero-order chi connectivity index (χ0) is 12.9. The average Bonchev–Trinajstić information content (AvgIpc) is 2.53.